The number of nitrogens with two attached hydrogens (primary N) is 1. The molecule has 0 radical (unpaired) electrons. The highest BCUT2D eigenvalue weighted by Gasteiger charge is 2.24. The molecule has 1 aliphatic rings. The van der Waals surface area contributed by atoms with Crippen molar-refractivity contribution in [2.45, 2.75) is 6.92 Å². The van der Waals surface area contributed by atoms with Crippen LogP contribution in [0.15, 0.2) is 47.3 Å². The van der Waals surface area contributed by atoms with Gasteiger partial charge in [0.1, 0.15) is 11.4 Å². The molecule has 2 aromatic heterocycles. The van der Waals surface area contributed by atoms with Gasteiger partial charge in [0.15, 0.2) is 0 Å². The number of aromatic amines is 2. The summed E-state index contributed by atoms with van der Waals surface area (Å²) in [6, 6.07) is 12.6. The number of H-pyrrole nitrogens is 2. The quantitative estimate of drug-likeness (QED) is 0.376. The van der Waals surface area contributed by atoms with Crippen LogP contribution in [0.5, 0.6) is 0 Å². The Bertz CT molecular complexity index is 1480. The number of benzene rings is 2. The Morgan fingerprint density at radius 1 is 1.06 bits per heavy atom. The molecule has 1 amide bonds. The van der Waals surface area contributed by atoms with E-state index >= 15 is 0 Å². The Labute approximate surface area is 200 Å². The Hall–Kier alpha value is -4.18. The first-order valence-corrected chi connectivity index (χ1v) is 11.5. The van der Waals surface area contributed by atoms with Crippen LogP contribution < -0.4 is 11.3 Å². The van der Waals surface area contributed by atoms with Crippen LogP contribution in [0.2, 0.25) is 0 Å². The highest BCUT2D eigenvalue weighted by Crippen LogP contribution is 2.28. The molecular weight excluding hydrogens is 448 g/mol. The number of hydrogen-bond acceptors (Lipinski definition) is 7. The summed E-state index contributed by atoms with van der Waals surface area (Å²) in [5.41, 5.74) is 9.06. The minimum Gasteiger partial charge on any atom is -0.465 e. The summed E-state index contributed by atoms with van der Waals surface area (Å²) in [7, 11) is 0. The number of esters is 1. The molecule has 4 N–H and O–H groups in total. The minimum atomic E-state index is -0.336. The number of hydrogen-bond donors (Lipinski definition) is 3. The van der Waals surface area contributed by atoms with Crippen LogP contribution >= 0.6 is 0 Å². The fraction of sp³-hybridized carbons (Fsp3) is 0.280. The summed E-state index contributed by atoms with van der Waals surface area (Å²) >= 11 is 0. The van der Waals surface area contributed by atoms with E-state index < -0.39 is 0 Å². The molecule has 1 fully saturated rings. The molecule has 10 heteroatoms. The smallest absolute Gasteiger partial charge is 0.320 e. The maximum Gasteiger partial charge on any atom is 0.320 e. The average molecular weight is 475 g/mol. The second-order valence-corrected chi connectivity index (χ2v) is 8.48. The predicted molar refractivity (Wildman–Crippen MR) is 133 cm³/mol. The van der Waals surface area contributed by atoms with Crippen LogP contribution in [-0.4, -0.2) is 76.0 Å². The number of ether oxygens (including phenoxy) is 1. The molecule has 0 bridgehead atoms. The summed E-state index contributed by atoms with van der Waals surface area (Å²) in [4.78, 5) is 51.9. The lowest BCUT2D eigenvalue weighted by Crippen LogP contribution is -2.50. The first-order chi connectivity index (χ1) is 16.9. The monoisotopic (exact) mass is 474 g/mol. The van der Waals surface area contributed by atoms with Crippen molar-refractivity contribution in [1.82, 2.24) is 24.8 Å². The zero-order valence-corrected chi connectivity index (χ0v) is 19.3. The molecule has 3 heterocycles. The van der Waals surface area contributed by atoms with Crippen LogP contribution in [0.25, 0.3) is 33.3 Å². The van der Waals surface area contributed by atoms with Crippen molar-refractivity contribution in [1.29, 1.82) is 0 Å². The minimum absolute atomic E-state index is 0.0955. The lowest BCUT2D eigenvalue weighted by atomic mass is 10.1. The molecule has 1 aliphatic heterocycles. The summed E-state index contributed by atoms with van der Waals surface area (Å²) < 4.78 is 5.00. The second-order valence-electron chi connectivity index (χ2n) is 8.48. The SMILES string of the molecule is CCOC(=O)CN1CCN(C(=O)c2ccc3nc(-c4c(N)c5ccccc5[nH]c4=O)[nH]c3c2)CC1. The summed E-state index contributed by atoms with van der Waals surface area (Å²) in [5.74, 6) is 0.00208. The second kappa shape index (κ2) is 9.22. The lowest BCUT2D eigenvalue weighted by Gasteiger charge is -2.34. The van der Waals surface area contributed by atoms with Crippen LogP contribution in [0.4, 0.5) is 5.69 Å². The zero-order valence-electron chi connectivity index (χ0n) is 19.3. The van der Waals surface area contributed by atoms with Crippen LogP contribution in [0.3, 0.4) is 0 Å². The third-order valence-electron chi connectivity index (χ3n) is 6.25. The number of aromatic nitrogens is 3. The van der Waals surface area contributed by atoms with Gasteiger partial charge in [-0.1, -0.05) is 18.2 Å². The number of amides is 1. The highest BCUT2D eigenvalue weighted by molar-refractivity contribution is 6.00. The number of nitrogens with one attached hydrogen (secondary N) is 2. The number of piperazine rings is 1. The Morgan fingerprint density at radius 2 is 1.83 bits per heavy atom. The first-order valence-electron chi connectivity index (χ1n) is 11.5. The van der Waals surface area contributed by atoms with E-state index in [-0.39, 0.29) is 29.5 Å². The van der Waals surface area contributed by atoms with Crippen molar-refractivity contribution in [3.63, 3.8) is 0 Å². The summed E-state index contributed by atoms with van der Waals surface area (Å²) in [5, 5.41) is 0.737. The number of imidazole rings is 1. The first kappa shape index (κ1) is 22.6. The predicted octanol–water partition coefficient (Wildman–Crippen LogP) is 1.97. The van der Waals surface area contributed by atoms with Crippen molar-refractivity contribution >= 4 is 39.5 Å². The number of carbonyl (C=O) groups excluding carboxylic acids is 2. The summed E-state index contributed by atoms with van der Waals surface area (Å²) in [6.07, 6.45) is 0. The van der Waals surface area contributed by atoms with Gasteiger partial charge in [0.05, 0.1) is 35.4 Å². The number of anilines is 1. The Kier molecular flexibility index (Phi) is 5.96. The standard InChI is InChI=1S/C25H26N6O4/c1-2-35-20(32)14-30-9-11-31(12-10-30)25(34)15-7-8-18-19(13-15)28-23(27-18)21-22(26)16-5-3-4-6-17(16)29-24(21)33/h3-8,13H,2,9-12,14H2,1H3,(H,27,28)(H3,26,29,33). The Balaban J connectivity index is 1.36. The van der Waals surface area contributed by atoms with Gasteiger partial charge < -0.3 is 25.3 Å². The highest BCUT2D eigenvalue weighted by atomic mass is 16.5. The van der Waals surface area contributed by atoms with Crippen molar-refractivity contribution < 1.29 is 14.3 Å². The van der Waals surface area contributed by atoms with E-state index in [2.05, 4.69) is 15.0 Å². The largest absolute Gasteiger partial charge is 0.465 e. The molecule has 4 aromatic rings. The fourth-order valence-electron chi connectivity index (χ4n) is 4.45. The van der Waals surface area contributed by atoms with Gasteiger partial charge in [-0.2, -0.15) is 0 Å². The third kappa shape index (κ3) is 4.35. The maximum atomic E-state index is 13.1. The summed E-state index contributed by atoms with van der Waals surface area (Å²) in [6.45, 7) is 4.62. The molecule has 1 saturated heterocycles. The molecule has 0 saturated carbocycles. The van der Waals surface area contributed by atoms with Gasteiger partial charge >= 0.3 is 5.97 Å². The fourth-order valence-corrected chi connectivity index (χ4v) is 4.45. The number of pyridine rings is 1. The number of nitrogens with zero attached hydrogens (tertiary/aromatic N) is 3. The number of rotatable bonds is 5. The van der Waals surface area contributed by atoms with E-state index in [1.54, 1.807) is 36.1 Å². The van der Waals surface area contributed by atoms with Gasteiger partial charge in [0.2, 0.25) is 0 Å². The molecule has 180 valence electrons. The Morgan fingerprint density at radius 3 is 2.60 bits per heavy atom. The van der Waals surface area contributed by atoms with E-state index in [0.717, 1.165) is 5.39 Å². The van der Waals surface area contributed by atoms with Crippen LogP contribution in [0, 0.1) is 0 Å². The van der Waals surface area contributed by atoms with Crippen LogP contribution in [-0.2, 0) is 9.53 Å². The number of nitrogen functional groups attached to an aromatic ring is 1. The molecule has 0 aliphatic carbocycles. The molecule has 10 nitrogen and oxygen atoms in total. The van der Waals surface area contributed by atoms with Gasteiger partial charge in [0, 0.05) is 37.1 Å². The molecule has 0 spiro atoms. The topological polar surface area (TPSA) is 137 Å². The molecule has 0 atom stereocenters. The van der Waals surface area contributed by atoms with Crippen molar-refractivity contribution in [3.05, 3.63) is 58.4 Å². The van der Waals surface area contributed by atoms with Crippen LogP contribution in [0.1, 0.15) is 17.3 Å². The van der Waals surface area contributed by atoms with Gasteiger partial charge in [-0.25, -0.2) is 4.98 Å². The number of para-hydroxylation sites is 1. The molecule has 35 heavy (non-hydrogen) atoms. The third-order valence-corrected chi connectivity index (χ3v) is 6.25. The van der Waals surface area contributed by atoms with Gasteiger partial charge in [-0.15, -0.1) is 0 Å². The van der Waals surface area contributed by atoms with Crippen molar-refractivity contribution in [2.75, 3.05) is 45.1 Å². The maximum absolute atomic E-state index is 13.1. The van der Waals surface area contributed by atoms with E-state index in [1.165, 1.54) is 0 Å². The van der Waals surface area contributed by atoms with E-state index in [1.807, 2.05) is 23.1 Å². The number of carbonyl (C=O) groups is 2. The van der Waals surface area contributed by atoms with Gasteiger partial charge in [-0.05, 0) is 31.2 Å². The van der Waals surface area contributed by atoms with E-state index in [9.17, 15) is 14.4 Å². The van der Waals surface area contributed by atoms with Gasteiger partial charge in [-0.3, -0.25) is 19.3 Å². The average Bonchev–Trinajstić information content (AvgIpc) is 3.27. The van der Waals surface area contributed by atoms with E-state index in [0.29, 0.717) is 66.4 Å². The zero-order chi connectivity index (χ0) is 24.5. The van der Waals surface area contributed by atoms with Crippen molar-refractivity contribution in [3.8, 4) is 11.4 Å². The molecule has 5 rings (SSSR count). The molecular formula is C25H26N6O4. The normalized spacial score (nSPS) is 14.5. The lowest BCUT2D eigenvalue weighted by molar-refractivity contribution is -0.144. The van der Waals surface area contributed by atoms with Gasteiger partial charge in [0.25, 0.3) is 11.5 Å². The van der Waals surface area contributed by atoms with E-state index in [4.69, 9.17) is 10.5 Å². The molecule has 0 unspecified atom stereocenters. The van der Waals surface area contributed by atoms with Crippen molar-refractivity contribution in [2.24, 2.45) is 0 Å². The molecule has 2 aromatic carbocycles. The number of fused-ring (bicyclic) bond motifs is 2.